The molecule has 0 amide bonds. The van der Waals surface area contributed by atoms with Crippen LogP contribution in [0.5, 0.6) is 0 Å². The fourth-order valence-corrected chi connectivity index (χ4v) is 2.18. The zero-order valence-electron chi connectivity index (χ0n) is 7.93. The monoisotopic (exact) mass is 214 g/mol. The highest BCUT2D eigenvalue weighted by molar-refractivity contribution is 7.09. The Bertz CT molecular complexity index is 266. The van der Waals surface area contributed by atoms with Crippen LogP contribution in [0.4, 0.5) is 0 Å². The highest BCUT2D eigenvalue weighted by Gasteiger charge is 2.16. The van der Waals surface area contributed by atoms with Crippen molar-refractivity contribution in [3.8, 4) is 0 Å². The molecule has 1 aliphatic heterocycles. The van der Waals surface area contributed by atoms with Crippen LogP contribution in [-0.2, 0) is 11.3 Å². The van der Waals surface area contributed by atoms with Gasteiger partial charge in [0.2, 0.25) is 0 Å². The number of β-amino-alcohol motifs (C(OH)–C–C–N with tert-alkyl or cyclic N) is 1. The van der Waals surface area contributed by atoms with E-state index in [1.165, 1.54) is 4.88 Å². The van der Waals surface area contributed by atoms with Gasteiger partial charge in [0.1, 0.15) is 0 Å². The normalized spacial score (nSPS) is 24.8. The number of thiazole rings is 1. The predicted molar refractivity (Wildman–Crippen MR) is 54.2 cm³/mol. The summed E-state index contributed by atoms with van der Waals surface area (Å²) in [5.74, 6) is 0. The second kappa shape index (κ2) is 4.84. The van der Waals surface area contributed by atoms with Crippen molar-refractivity contribution in [3.05, 3.63) is 16.6 Å². The predicted octanol–water partition coefficient (Wildman–Crippen LogP) is 0.336. The highest BCUT2D eigenvalue weighted by atomic mass is 32.1. The van der Waals surface area contributed by atoms with E-state index in [0.717, 1.165) is 13.1 Å². The van der Waals surface area contributed by atoms with Crippen molar-refractivity contribution >= 4 is 11.3 Å². The largest absolute Gasteiger partial charge is 0.389 e. The van der Waals surface area contributed by atoms with E-state index in [9.17, 15) is 5.11 Å². The quantitative estimate of drug-likeness (QED) is 0.771. The lowest BCUT2D eigenvalue weighted by molar-refractivity contribution is 0.0562. The van der Waals surface area contributed by atoms with Gasteiger partial charge in [-0.1, -0.05) is 0 Å². The Kier molecular flexibility index (Phi) is 3.47. The standard InChI is InChI=1S/C9H14N2O2S/c12-8-4-11(1-2-13-6-8)5-9-3-10-7-14-9/h3,7-8,12H,1-2,4-6H2. The van der Waals surface area contributed by atoms with Gasteiger partial charge in [-0.3, -0.25) is 9.88 Å². The van der Waals surface area contributed by atoms with E-state index in [-0.39, 0.29) is 6.10 Å². The van der Waals surface area contributed by atoms with Crippen molar-refractivity contribution in [1.82, 2.24) is 9.88 Å². The molecule has 1 saturated heterocycles. The van der Waals surface area contributed by atoms with Crippen molar-refractivity contribution in [2.24, 2.45) is 0 Å². The van der Waals surface area contributed by atoms with Crippen LogP contribution in [0.3, 0.4) is 0 Å². The Morgan fingerprint density at radius 3 is 3.43 bits per heavy atom. The summed E-state index contributed by atoms with van der Waals surface area (Å²) in [6, 6.07) is 0. The third-order valence-corrected chi connectivity index (χ3v) is 2.96. The zero-order valence-corrected chi connectivity index (χ0v) is 8.74. The first-order valence-corrected chi connectivity index (χ1v) is 5.58. The number of nitrogens with zero attached hydrogens (tertiary/aromatic N) is 2. The van der Waals surface area contributed by atoms with E-state index in [4.69, 9.17) is 4.74 Å². The van der Waals surface area contributed by atoms with Crippen LogP contribution in [0.1, 0.15) is 4.88 Å². The Morgan fingerprint density at radius 1 is 1.71 bits per heavy atom. The number of aliphatic hydroxyl groups is 1. The number of aromatic nitrogens is 1. The van der Waals surface area contributed by atoms with E-state index in [1.807, 2.05) is 11.7 Å². The Labute approximate surface area is 87.1 Å². The third-order valence-electron chi connectivity index (χ3n) is 2.19. The molecule has 1 atom stereocenters. The molecule has 1 fully saturated rings. The van der Waals surface area contributed by atoms with Crippen molar-refractivity contribution < 1.29 is 9.84 Å². The molecule has 14 heavy (non-hydrogen) atoms. The Morgan fingerprint density at radius 2 is 2.64 bits per heavy atom. The summed E-state index contributed by atoms with van der Waals surface area (Å²) in [5, 5.41) is 9.51. The minimum absolute atomic E-state index is 0.356. The number of rotatable bonds is 2. The Hall–Kier alpha value is -0.490. The summed E-state index contributed by atoms with van der Waals surface area (Å²) in [7, 11) is 0. The maximum absolute atomic E-state index is 9.51. The van der Waals surface area contributed by atoms with Gasteiger partial charge < -0.3 is 9.84 Å². The molecule has 0 saturated carbocycles. The molecule has 78 valence electrons. The first-order chi connectivity index (χ1) is 6.84. The summed E-state index contributed by atoms with van der Waals surface area (Å²) in [6.07, 6.45) is 1.52. The average Bonchev–Trinajstić information content (AvgIpc) is 2.56. The van der Waals surface area contributed by atoms with Gasteiger partial charge in [0.05, 0.1) is 24.8 Å². The molecule has 5 heteroatoms. The summed E-state index contributed by atoms with van der Waals surface area (Å²) in [6.45, 7) is 3.60. The summed E-state index contributed by atoms with van der Waals surface area (Å²) < 4.78 is 5.25. The highest BCUT2D eigenvalue weighted by Crippen LogP contribution is 2.11. The fourth-order valence-electron chi connectivity index (χ4n) is 1.54. The molecule has 4 nitrogen and oxygen atoms in total. The van der Waals surface area contributed by atoms with Gasteiger partial charge in [0.15, 0.2) is 0 Å². The third kappa shape index (κ3) is 2.75. The van der Waals surface area contributed by atoms with Crippen LogP contribution >= 0.6 is 11.3 Å². The van der Waals surface area contributed by atoms with Gasteiger partial charge in [0.25, 0.3) is 0 Å². The lowest BCUT2D eigenvalue weighted by Gasteiger charge is -2.19. The number of ether oxygens (including phenoxy) is 1. The first-order valence-electron chi connectivity index (χ1n) is 4.70. The second-order valence-corrected chi connectivity index (χ2v) is 4.40. The average molecular weight is 214 g/mol. The molecule has 2 heterocycles. The van der Waals surface area contributed by atoms with Crippen LogP contribution in [0.25, 0.3) is 0 Å². The summed E-state index contributed by atoms with van der Waals surface area (Å²) in [5.41, 5.74) is 1.83. The van der Waals surface area contributed by atoms with Crippen LogP contribution < -0.4 is 0 Å². The van der Waals surface area contributed by atoms with Crippen molar-refractivity contribution in [2.45, 2.75) is 12.6 Å². The summed E-state index contributed by atoms with van der Waals surface area (Å²) >= 11 is 1.65. The molecule has 1 N–H and O–H groups in total. The molecular weight excluding hydrogens is 200 g/mol. The summed E-state index contributed by atoms with van der Waals surface area (Å²) in [4.78, 5) is 7.46. The smallest absolute Gasteiger partial charge is 0.0900 e. The molecular formula is C9H14N2O2S. The van der Waals surface area contributed by atoms with Gasteiger partial charge in [-0.25, -0.2) is 0 Å². The number of hydrogen-bond donors (Lipinski definition) is 1. The van der Waals surface area contributed by atoms with Gasteiger partial charge in [-0.05, 0) is 0 Å². The lowest BCUT2D eigenvalue weighted by atomic mass is 10.3. The van der Waals surface area contributed by atoms with Crippen molar-refractivity contribution in [3.63, 3.8) is 0 Å². The van der Waals surface area contributed by atoms with Crippen LogP contribution in [0.15, 0.2) is 11.7 Å². The maximum atomic E-state index is 9.51. The number of hydrogen-bond acceptors (Lipinski definition) is 5. The number of aliphatic hydroxyl groups excluding tert-OH is 1. The first kappa shape index (κ1) is 10.0. The van der Waals surface area contributed by atoms with Gasteiger partial charge in [-0.15, -0.1) is 11.3 Å². The topological polar surface area (TPSA) is 45.6 Å². The van der Waals surface area contributed by atoms with E-state index < -0.39 is 0 Å². The lowest BCUT2D eigenvalue weighted by Crippen LogP contribution is -2.31. The maximum Gasteiger partial charge on any atom is 0.0900 e. The van der Waals surface area contributed by atoms with Gasteiger partial charge >= 0.3 is 0 Å². The molecule has 1 aliphatic rings. The molecule has 2 rings (SSSR count). The Balaban J connectivity index is 1.90. The van der Waals surface area contributed by atoms with Gasteiger partial charge in [-0.2, -0.15) is 0 Å². The van der Waals surface area contributed by atoms with E-state index in [2.05, 4.69) is 9.88 Å². The van der Waals surface area contributed by atoms with Crippen LogP contribution in [0, 0.1) is 0 Å². The second-order valence-electron chi connectivity index (χ2n) is 3.43. The molecule has 1 aromatic heterocycles. The van der Waals surface area contributed by atoms with Crippen LogP contribution in [0.2, 0.25) is 0 Å². The molecule has 0 radical (unpaired) electrons. The van der Waals surface area contributed by atoms with E-state index in [0.29, 0.717) is 19.8 Å². The molecule has 0 aromatic carbocycles. The van der Waals surface area contributed by atoms with E-state index >= 15 is 0 Å². The molecule has 0 aliphatic carbocycles. The molecule has 1 unspecified atom stereocenters. The van der Waals surface area contributed by atoms with Crippen molar-refractivity contribution in [1.29, 1.82) is 0 Å². The van der Waals surface area contributed by atoms with E-state index in [1.54, 1.807) is 11.3 Å². The molecule has 0 spiro atoms. The minimum Gasteiger partial charge on any atom is -0.389 e. The SMILES string of the molecule is OC1COCCN(Cc2cncs2)C1. The van der Waals surface area contributed by atoms with Crippen LogP contribution in [-0.4, -0.2) is 47.4 Å². The minimum atomic E-state index is -0.356. The fraction of sp³-hybridized carbons (Fsp3) is 0.667. The zero-order chi connectivity index (χ0) is 9.80. The van der Waals surface area contributed by atoms with Gasteiger partial charge in [0, 0.05) is 30.7 Å². The van der Waals surface area contributed by atoms with Crippen molar-refractivity contribution in [2.75, 3.05) is 26.3 Å². The molecule has 0 bridgehead atoms. The molecule has 1 aromatic rings.